The van der Waals surface area contributed by atoms with Gasteiger partial charge in [0.25, 0.3) is 0 Å². The van der Waals surface area contributed by atoms with E-state index in [0.717, 1.165) is 13.0 Å². The molecule has 7 heteroatoms. The quantitative estimate of drug-likeness (QED) is 0.184. The fourth-order valence-electron chi connectivity index (χ4n) is 2.56. The summed E-state index contributed by atoms with van der Waals surface area (Å²) < 4.78 is 26.3. The summed E-state index contributed by atoms with van der Waals surface area (Å²) in [6.07, 6.45) is 13.4. The molecule has 0 bridgehead atoms. The van der Waals surface area contributed by atoms with Crippen LogP contribution in [0.25, 0.3) is 0 Å². The normalized spacial score (nSPS) is 12.6. The molecular formula is C20H43O6P. The van der Waals surface area contributed by atoms with E-state index in [-0.39, 0.29) is 0 Å². The zero-order chi connectivity index (χ0) is 19.8. The third-order valence-corrected chi connectivity index (χ3v) is 4.94. The Labute approximate surface area is 168 Å². The van der Waals surface area contributed by atoms with Crippen LogP contribution < -0.4 is 0 Å². The molecule has 1 atom stereocenters. The molecule has 1 N–H and O–H groups in total. The highest BCUT2D eigenvalue weighted by molar-refractivity contribution is 7.40. The third-order valence-electron chi connectivity index (χ3n) is 4.06. The molecule has 0 saturated carbocycles. The van der Waals surface area contributed by atoms with Gasteiger partial charge in [0.1, 0.15) is 0 Å². The van der Waals surface area contributed by atoms with Gasteiger partial charge in [-0.15, -0.1) is 0 Å². The third kappa shape index (κ3) is 24.2. The van der Waals surface area contributed by atoms with Crippen molar-refractivity contribution in [2.75, 3.05) is 52.9 Å². The molecule has 0 rings (SSSR count). The molecule has 6 nitrogen and oxygen atoms in total. The van der Waals surface area contributed by atoms with Crippen molar-refractivity contribution in [2.24, 2.45) is 0 Å². The fraction of sp³-hybridized carbons (Fsp3) is 1.00. The average Bonchev–Trinajstić information content (AvgIpc) is 2.66. The molecule has 0 heterocycles. The lowest BCUT2D eigenvalue weighted by molar-refractivity contribution is 0.00775. The molecule has 27 heavy (non-hydrogen) atoms. The van der Waals surface area contributed by atoms with Gasteiger partial charge in [0.05, 0.1) is 46.2 Å². The van der Waals surface area contributed by atoms with Gasteiger partial charge in [0, 0.05) is 6.61 Å². The number of rotatable bonds is 23. The molecule has 0 radical (unpaired) electrons. The van der Waals surface area contributed by atoms with Crippen molar-refractivity contribution >= 4 is 8.60 Å². The first-order valence-corrected chi connectivity index (χ1v) is 11.9. The molecule has 0 amide bonds. The topological polar surface area (TPSA) is 66.4 Å². The van der Waals surface area contributed by atoms with Gasteiger partial charge in [-0.05, 0) is 13.3 Å². The summed E-state index contributed by atoms with van der Waals surface area (Å²) in [6.45, 7) is 8.39. The van der Waals surface area contributed by atoms with Crippen molar-refractivity contribution in [1.29, 1.82) is 0 Å². The molecule has 0 aliphatic rings. The molecule has 0 fully saturated rings. The predicted octanol–water partition coefficient (Wildman–Crippen LogP) is 5.23. The second-order valence-electron chi connectivity index (χ2n) is 6.51. The van der Waals surface area contributed by atoms with E-state index in [1.54, 1.807) is 0 Å². The van der Waals surface area contributed by atoms with E-state index in [0.29, 0.717) is 46.2 Å². The van der Waals surface area contributed by atoms with E-state index in [4.69, 9.17) is 23.3 Å². The molecular weight excluding hydrogens is 367 g/mol. The number of hydrogen-bond donors (Lipinski definition) is 1. The van der Waals surface area contributed by atoms with Crippen LogP contribution in [-0.2, 0) is 23.3 Å². The highest BCUT2D eigenvalue weighted by atomic mass is 31.2. The van der Waals surface area contributed by atoms with Crippen LogP contribution in [0.1, 0.15) is 78.1 Å². The van der Waals surface area contributed by atoms with E-state index in [1.165, 1.54) is 57.8 Å². The van der Waals surface area contributed by atoms with Crippen molar-refractivity contribution in [2.45, 2.75) is 78.1 Å². The molecule has 1 unspecified atom stereocenters. The maximum absolute atomic E-state index is 9.23. The summed E-state index contributed by atoms with van der Waals surface area (Å²) in [7, 11) is -1.75. The average molecular weight is 411 g/mol. The second kappa shape index (κ2) is 24.2. The summed E-state index contributed by atoms with van der Waals surface area (Å²) in [5.74, 6) is 0. The predicted molar refractivity (Wildman–Crippen MR) is 111 cm³/mol. The van der Waals surface area contributed by atoms with Crippen LogP contribution in [0.15, 0.2) is 0 Å². The summed E-state index contributed by atoms with van der Waals surface area (Å²) in [4.78, 5) is 9.23. The smallest absolute Gasteiger partial charge is 0.329 e. The largest absolute Gasteiger partial charge is 0.379 e. The molecule has 0 saturated heterocycles. The Morgan fingerprint density at radius 3 is 1.48 bits per heavy atom. The van der Waals surface area contributed by atoms with Crippen molar-refractivity contribution in [1.82, 2.24) is 0 Å². The lowest BCUT2D eigenvalue weighted by Gasteiger charge is -2.09. The number of hydrogen-bond acceptors (Lipinski definition) is 6. The Bertz CT molecular complexity index is 271. The molecule has 0 aliphatic heterocycles. The summed E-state index contributed by atoms with van der Waals surface area (Å²) in [5.41, 5.74) is 0. The Morgan fingerprint density at radius 1 is 0.519 bits per heavy atom. The van der Waals surface area contributed by atoms with E-state index in [9.17, 15) is 4.89 Å². The Kier molecular flexibility index (Phi) is 24.4. The monoisotopic (exact) mass is 410 g/mol. The van der Waals surface area contributed by atoms with Crippen LogP contribution in [0.5, 0.6) is 0 Å². The standard InChI is InChI=1S/C20H43O6P/c1-3-5-6-7-8-9-10-11-12-13-14-22-15-16-23-17-18-24-19-20-26-27(21)25-4-2/h21H,3-20H2,1-2H3. The van der Waals surface area contributed by atoms with Gasteiger partial charge in [-0.3, -0.25) is 0 Å². The molecule has 0 aromatic rings. The highest BCUT2D eigenvalue weighted by Gasteiger charge is 2.03. The first-order valence-electron chi connectivity index (χ1n) is 10.8. The van der Waals surface area contributed by atoms with E-state index >= 15 is 0 Å². The van der Waals surface area contributed by atoms with E-state index in [2.05, 4.69) is 6.92 Å². The SMILES string of the molecule is CCCCCCCCCCCCOCCOCCOCCOP(O)OCC. The minimum atomic E-state index is -1.75. The lowest BCUT2D eigenvalue weighted by Crippen LogP contribution is -2.11. The maximum atomic E-state index is 9.23. The number of unbranched alkanes of at least 4 members (excludes halogenated alkanes) is 9. The first kappa shape index (κ1) is 27.2. The Hall–Kier alpha value is 0.190. The van der Waals surface area contributed by atoms with Crippen molar-refractivity contribution in [3.05, 3.63) is 0 Å². The van der Waals surface area contributed by atoms with Gasteiger partial charge in [-0.1, -0.05) is 64.7 Å². The fourth-order valence-corrected chi connectivity index (χ4v) is 3.08. The minimum Gasteiger partial charge on any atom is -0.379 e. The highest BCUT2D eigenvalue weighted by Crippen LogP contribution is 2.31. The minimum absolute atomic E-state index is 0.324. The summed E-state index contributed by atoms with van der Waals surface area (Å²) in [6, 6.07) is 0. The molecule has 0 aromatic heterocycles. The van der Waals surface area contributed by atoms with Crippen molar-refractivity contribution in [3.8, 4) is 0 Å². The first-order chi connectivity index (χ1) is 13.3. The van der Waals surface area contributed by atoms with Gasteiger partial charge in [-0.25, -0.2) is 0 Å². The van der Waals surface area contributed by atoms with Crippen LogP contribution in [0.2, 0.25) is 0 Å². The van der Waals surface area contributed by atoms with E-state index < -0.39 is 8.60 Å². The Balaban J connectivity index is 3.01. The zero-order valence-electron chi connectivity index (χ0n) is 17.7. The molecule has 0 spiro atoms. The van der Waals surface area contributed by atoms with Gasteiger partial charge < -0.3 is 28.2 Å². The number of ether oxygens (including phenoxy) is 3. The molecule has 0 aliphatic carbocycles. The van der Waals surface area contributed by atoms with Crippen LogP contribution in [0.4, 0.5) is 0 Å². The van der Waals surface area contributed by atoms with Crippen LogP contribution in [0.3, 0.4) is 0 Å². The van der Waals surface area contributed by atoms with E-state index in [1.807, 2.05) is 6.92 Å². The lowest BCUT2D eigenvalue weighted by atomic mass is 10.1. The van der Waals surface area contributed by atoms with Crippen LogP contribution in [0, 0.1) is 0 Å². The molecule has 164 valence electrons. The second-order valence-corrected chi connectivity index (χ2v) is 7.50. The van der Waals surface area contributed by atoms with Crippen molar-refractivity contribution < 1.29 is 28.2 Å². The summed E-state index contributed by atoms with van der Waals surface area (Å²) >= 11 is 0. The van der Waals surface area contributed by atoms with Crippen LogP contribution in [-0.4, -0.2) is 57.7 Å². The summed E-state index contributed by atoms with van der Waals surface area (Å²) in [5, 5.41) is 0. The zero-order valence-corrected chi connectivity index (χ0v) is 18.6. The molecule has 0 aromatic carbocycles. The van der Waals surface area contributed by atoms with Gasteiger partial charge in [-0.2, -0.15) is 0 Å². The van der Waals surface area contributed by atoms with Crippen LogP contribution >= 0.6 is 8.60 Å². The van der Waals surface area contributed by atoms with Gasteiger partial charge in [0.2, 0.25) is 0 Å². The van der Waals surface area contributed by atoms with Gasteiger partial charge >= 0.3 is 8.60 Å². The van der Waals surface area contributed by atoms with Crippen molar-refractivity contribution in [3.63, 3.8) is 0 Å². The maximum Gasteiger partial charge on any atom is 0.329 e. The Morgan fingerprint density at radius 2 is 0.963 bits per heavy atom. The van der Waals surface area contributed by atoms with Gasteiger partial charge in [0.15, 0.2) is 0 Å².